The van der Waals surface area contributed by atoms with Gasteiger partial charge in [-0.3, -0.25) is 9.36 Å². The van der Waals surface area contributed by atoms with Crippen molar-refractivity contribution in [1.29, 1.82) is 0 Å². The lowest BCUT2D eigenvalue weighted by atomic mass is 9.95. The number of ether oxygens (including phenoxy) is 5. The maximum atomic E-state index is 14.3. The Hall–Kier alpha value is -4.22. The number of hydrogen-bond acceptors (Lipinski definition) is 10. The molecular formula is C39H34I2N2O8S. The summed E-state index contributed by atoms with van der Waals surface area (Å²) in [7, 11) is 1.28. The Kier molecular flexibility index (Phi) is 12.0. The number of fused-ring (bicyclic) bond motifs is 2. The van der Waals surface area contributed by atoms with Crippen LogP contribution in [0.5, 0.6) is 17.2 Å². The van der Waals surface area contributed by atoms with Gasteiger partial charge in [0, 0.05) is 0 Å². The van der Waals surface area contributed by atoms with E-state index >= 15 is 0 Å². The smallest absolute Gasteiger partial charge is 0.343 e. The molecule has 1 aliphatic rings. The van der Waals surface area contributed by atoms with Crippen LogP contribution in [0.25, 0.3) is 16.8 Å². The third-order valence-electron chi connectivity index (χ3n) is 8.19. The molecule has 0 radical (unpaired) electrons. The highest BCUT2D eigenvalue weighted by molar-refractivity contribution is 14.1. The van der Waals surface area contributed by atoms with Gasteiger partial charge in [-0.1, -0.05) is 53.8 Å². The summed E-state index contributed by atoms with van der Waals surface area (Å²) in [4.78, 5) is 44.6. The first-order valence-electron chi connectivity index (χ1n) is 16.4. The van der Waals surface area contributed by atoms with Gasteiger partial charge in [0.2, 0.25) is 0 Å². The summed E-state index contributed by atoms with van der Waals surface area (Å²) in [5.41, 5.74) is 2.84. The maximum Gasteiger partial charge on any atom is 0.343 e. The van der Waals surface area contributed by atoms with E-state index in [2.05, 4.69) is 75.5 Å². The topological polar surface area (TPSA) is 115 Å². The lowest BCUT2D eigenvalue weighted by Crippen LogP contribution is -2.40. The van der Waals surface area contributed by atoms with Gasteiger partial charge < -0.3 is 23.7 Å². The lowest BCUT2D eigenvalue weighted by molar-refractivity contribution is -0.143. The number of methoxy groups -OCH3 is 1. The number of hydrogen-bond donors (Lipinski definition) is 0. The van der Waals surface area contributed by atoms with E-state index in [0.717, 1.165) is 29.4 Å². The fourth-order valence-electron chi connectivity index (χ4n) is 5.82. The van der Waals surface area contributed by atoms with Gasteiger partial charge in [0.15, 0.2) is 22.9 Å². The highest BCUT2D eigenvalue weighted by atomic mass is 127. The molecule has 0 N–H and O–H groups in total. The third-order valence-corrected chi connectivity index (χ3v) is 10.8. The molecule has 1 aromatic heterocycles. The van der Waals surface area contributed by atoms with Crippen LogP contribution in [0.4, 0.5) is 0 Å². The highest BCUT2D eigenvalue weighted by Gasteiger charge is 2.34. The summed E-state index contributed by atoms with van der Waals surface area (Å²) in [6.45, 7) is 5.84. The summed E-state index contributed by atoms with van der Waals surface area (Å²) < 4.78 is 31.7. The predicted octanol–water partition coefficient (Wildman–Crippen LogP) is 6.69. The number of thiazole rings is 1. The molecule has 0 aliphatic carbocycles. The number of aromatic nitrogens is 1. The van der Waals surface area contributed by atoms with Gasteiger partial charge in [0.1, 0.15) is 12.4 Å². The van der Waals surface area contributed by atoms with Crippen LogP contribution in [0.15, 0.2) is 93.9 Å². The Morgan fingerprint density at radius 2 is 1.65 bits per heavy atom. The summed E-state index contributed by atoms with van der Waals surface area (Å²) >= 11 is 5.76. The fraction of sp³-hybridized carbons (Fsp3) is 0.231. The van der Waals surface area contributed by atoms with Gasteiger partial charge in [-0.15, -0.1) is 0 Å². The Bertz CT molecular complexity index is 2380. The van der Waals surface area contributed by atoms with Gasteiger partial charge in [0.05, 0.1) is 49.3 Å². The Labute approximate surface area is 331 Å². The van der Waals surface area contributed by atoms with Crippen molar-refractivity contribution in [1.82, 2.24) is 4.57 Å². The van der Waals surface area contributed by atoms with Crippen molar-refractivity contribution < 1.29 is 33.3 Å². The molecule has 0 bridgehead atoms. The Morgan fingerprint density at radius 1 is 0.904 bits per heavy atom. The first-order valence-corrected chi connectivity index (χ1v) is 19.3. The molecule has 5 aromatic rings. The zero-order valence-corrected chi connectivity index (χ0v) is 33.9. The SMILES string of the molecule is CCOC(=O)C1=C(C)N=c2s/c(=C\c3cc(I)c(OCc4ccc5ccccc5c4)c(I)c3)c(=O)n2[C@@H]1c1ccc(OCC(=O)OC)c(OCC)c1. The fourth-order valence-corrected chi connectivity index (χ4v) is 9.00. The van der Waals surface area contributed by atoms with E-state index in [-0.39, 0.29) is 24.3 Å². The molecule has 4 aromatic carbocycles. The molecule has 0 unspecified atom stereocenters. The molecule has 6 rings (SSSR count). The molecule has 52 heavy (non-hydrogen) atoms. The average Bonchev–Trinajstić information content (AvgIpc) is 3.43. The zero-order chi connectivity index (χ0) is 36.9. The van der Waals surface area contributed by atoms with Crippen LogP contribution in [0.3, 0.4) is 0 Å². The number of esters is 2. The first kappa shape index (κ1) is 37.5. The van der Waals surface area contributed by atoms with Crippen LogP contribution in [0.1, 0.15) is 43.5 Å². The third kappa shape index (κ3) is 8.05. The largest absolute Gasteiger partial charge is 0.490 e. The van der Waals surface area contributed by atoms with Crippen molar-refractivity contribution >= 4 is 85.3 Å². The minimum atomic E-state index is -0.863. The summed E-state index contributed by atoms with van der Waals surface area (Å²) in [6, 6.07) is 22.7. The van der Waals surface area contributed by atoms with E-state index < -0.39 is 18.0 Å². The minimum Gasteiger partial charge on any atom is -0.490 e. The normalized spacial score (nSPS) is 14.1. The van der Waals surface area contributed by atoms with Crippen molar-refractivity contribution in [3.63, 3.8) is 0 Å². The summed E-state index contributed by atoms with van der Waals surface area (Å²) in [6.07, 6.45) is 1.83. The summed E-state index contributed by atoms with van der Waals surface area (Å²) in [5, 5.41) is 2.34. The molecule has 2 heterocycles. The van der Waals surface area contributed by atoms with E-state index in [1.165, 1.54) is 28.4 Å². The second-order valence-electron chi connectivity index (χ2n) is 11.6. The zero-order valence-electron chi connectivity index (χ0n) is 28.7. The van der Waals surface area contributed by atoms with E-state index in [4.69, 9.17) is 28.7 Å². The van der Waals surface area contributed by atoms with Crippen molar-refractivity contribution in [2.45, 2.75) is 33.4 Å². The Morgan fingerprint density at radius 3 is 2.37 bits per heavy atom. The van der Waals surface area contributed by atoms with Crippen molar-refractivity contribution in [2.24, 2.45) is 4.99 Å². The number of allylic oxidation sites excluding steroid dienone is 1. The molecule has 0 saturated carbocycles. The standard InChI is InChI=1S/C39H34I2N2O8S/c1-5-48-31-19-27(13-14-30(31)50-21-33(44)47-4)35-34(38(46)49-6-2)22(3)42-39-43(35)37(45)32(52-39)18-24-16-28(40)36(29(41)17-24)51-20-23-11-12-25-9-7-8-10-26(25)15-23/h7-19,35H,5-6,20-21H2,1-4H3/b32-18-/t35-/m1/s1. The summed E-state index contributed by atoms with van der Waals surface area (Å²) in [5.74, 6) is 0.309. The molecule has 0 saturated heterocycles. The van der Waals surface area contributed by atoms with Crippen LogP contribution in [0.2, 0.25) is 0 Å². The molecule has 13 heteroatoms. The number of carbonyl (C=O) groups excluding carboxylic acids is 2. The molecule has 1 atom stereocenters. The van der Waals surface area contributed by atoms with Crippen molar-refractivity contribution in [3.8, 4) is 17.2 Å². The quantitative estimate of drug-likeness (QED) is 0.101. The lowest BCUT2D eigenvalue weighted by Gasteiger charge is -2.25. The van der Waals surface area contributed by atoms with E-state index in [1.807, 2.05) is 37.3 Å². The predicted molar refractivity (Wildman–Crippen MR) is 216 cm³/mol. The first-order chi connectivity index (χ1) is 25.1. The van der Waals surface area contributed by atoms with Crippen LogP contribution in [-0.4, -0.2) is 43.4 Å². The number of carbonyl (C=O) groups is 2. The minimum absolute atomic E-state index is 0.149. The molecule has 0 fully saturated rings. The monoisotopic (exact) mass is 944 g/mol. The van der Waals surface area contributed by atoms with Gasteiger partial charge in [-0.05, 0) is 130 Å². The van der Waals surface area contributed by atoms with Gasteiger partial charge in [0.25, 0.3) is 5.56 Å². The second-order valence-corrected chi connectivity index (χ2v) is 14.9. The van der Waals surface area contributed by atoms with E-state index in [1.54, 1.807) is 32.0 Å². The second kappa shape index (κ2) is 16.6. The maximum absolute atomic E-state index is 14.3. The molecule has 0 spiro atoms. The molecule has 0 amide bonds. The number of rotatable bonds is 12. The van der Waals surface area contributed by atoms with Crippen LogP contribution < -0.4 is 29.1 Å². The molecular weight excluding hydrogens is 910 g/mol. The van der Waals surface area contributed by atoms with Gasteiger partial charge in [-0.2, -0.15) is 0 Å². The van der Waals surface area contributed by atoms with Crippen LogP contribution in [0, 0.1) is 7.14 Å². The van der Waals surface area contributed by atoms with Gasteiger partial charge >= 0.3 is 11.9 Å². The van der Waals surface area contributed by atoms with Crippen LogP contribution >= 0.6 is 56.5 Å². The number of nitrogens with zero attached hydrogens (tertiary/aromatic N) is 2. The number of benzene rings is 4. The van der Waals surface area contributed by atoms with Crippen LogP contribution in [-0.2, 0) is 25.7 Å². The van der Waals surface area contributed by atoms with E-state index in [0.29, 0.717) is 45.3 Å². The molecule has 10 nitrogen and oxygen atoms in total. The Balaban J connectivity index is 1.37. The van der Waals surface area contributed by atoms with Crippen molar-refractivity contribution in [3.05, 3.63) is 128 Å². The van der Waals surface area contributed by atoms with Gasteiger partial charge in [-0.25, -0.2) is 14.6 Å². The van der Waals surface area contributed by atoms with Crippen molar-refractivity contribution in [2.75, 3.05) is 26.9 Å². The average molecular weight is 945 g/mol. The molecule has 268 valence electrons. The molecule has 1 aliphatic heterocycles. The van der Waals surface area contributed by atoms with E-state index in [9.17, 15) is 14.4 Å². The number of halogens is 2. The highest BCUT2D eigenvalue weighted by Crippen LogP contribution is 2.37.